The van der Waals surface area contributed by atoms with Crippen LogP contribution in [0.5, 0.6) is 0 Å². The van der Waals surface area contributed by atoms with Crippen molar-refractivity contribution in [3.63, 3.8) is 0 Å². The first kappa shape index (κ1) is 10.3. The highest BCUT2D eigenvalue weighted by Crippen LogP contribution is 1.71. The van der Waals surface area contributed by atoms with Gasteiger partial charge in [0.05, 0.1) is 6.61 Å². The predicted molar refractivity (Wildman–Crippen MR) is 49.6 cm³/mol. The molecule has 5 heteroatoms. The first-order valence-electron chi connectivity index (χ1n) is 3.32. The number of thiocarbonyl (C=S) groups is 1. The van der Waals surface area contributed by atoms with Crippen molar-refractivity contribution in [2.75, 3.05) is 13.2 Å². The van der Waals surface area contributed by atoms with E-state index in [1.165, 1.54) is 0 Å². The van der Waals surface area contributed by atoms with Gasteiger partial charge in [0.15, 0.2) is 5.11 Å². The molecule has 11 heavy (non-hydrogen) atoms. The van der Waals surface area contributed by atoms with Gasteiger partial charge in [-0.15, -0.1) is 0 Å². The molecule has 0 heterocycles. The molecule has 0 unspecified atom stereocenters. The van der Waals surface area contributed by atoms with Crippen LogP contribution in [-0.4, -0.2) is 29.1 Å². The van der Waals surface area contributed by atoms with E-state index in [-0.39, 0.29) is 6.61 Å². The number of hydrazone groups is 1. The number of hydrogen-bond donors (Lipinski definition) is 3. The third-order valence-corrected chi connectivity index (χ3v) is 1.01. The molecular weight excluding hydrogens is 162 g/mol. The van der Waals surface area contributed by atoms with E-state index in [0.717, 1.165) is 5.71 Å². The lowest BCUT2D eigenvalue weighted by Crippen LogP contribution is -2.34. The summed E-state index contributed by atoms with van der Waals surface area (Å²) in [6.07, 6.45) is 0. The summed E-state index contributed by atoms with van der Waals surface area (Å²) in [5.74, 6) is 0. The number of aliphatic hydroxyl groups is 1. The number of rotatable bonds is 3. The van der Waals surface area contributed by atoms with Crippen LogP contribution in [0.2, 0.25) is 0 Å². The Bertz CT molecular complexity index is 154. The van der Waals surface area contributed by atoms with Crippen LogP contribution in [-0.2, 0) is 0 Å². The average molecular weight is 175 g/mol. The summed E-state index contributed by atoms with van der Waals surface area (Å²) < 4.78 is 0. The summed E-state index contributed by atoms with van der Waals surface area (Å²) in [4.78, 5) is 0. The Hall–Kier alpha value is -0.680. The molecule has 0 atom stereocenters. The maximum Gasteiger partial charge on any atom is 0.187 e. The summed E-state index contributed by atoms with van der Waals surface area (Å²) in [7, 11) is 0. The molecule has 0 aliphatic rings. The van der Waals surface area contributed by atoms with Gasteiger partial charge in [-0.1, -0.05) is 0 Å². The van der Waals surface area contributed by atoms with E-state index in [1.54, 1.807) is 0 Å². The molecule has 0 saturated heterocycles. The van der Waals surface area contributed by atoms with Crippen molar-refractivity contribution in [1.29, 1.82) is 0 Å². The van der Waals surface area contributed by atoms with Gasteiger partial charge in [0.25, 0.3) is 0 Å². The first-order valence-corrected chi connectivity index (χ1v) is 3.73. The first-order chi connectivity index (χ1) is 5.16. The molecule has 3 N–H and O–H groups in total. The van der Waals surface area contributed by atoms with Crippen LogP contribution in [0.4, 0.5) is 0 Å². The minimum Gasteiger partial charge on any atom is -0.395 e. The third-order valence-electron chi connectivity index (χ3n) is 0.778. The number of aliphatic hydroxyl groups excluding tert-OH is 1. The van der Waals surface area contributed by atoms with Gasteiger partial charge in [-0.25, -0.2) is 0 Å². The van der Waals surface area contributed by atoms with Gasteiger partial charge >= 0.3 is 0 Å². The Morgan fingerprint density at radius 2 is 2.18 bits per heavy atom. The van der Waals surface area contributed by atoms with Crippen molar-refractivity contribution in [2.45, 2.75) is 13.8 Å². The molecule has 0 aromatic heterocycles. The van der Waals surface area contributed by atoms with Crippen LogP contribution < -0.4 is 10.7 Å². The fourth-order valence-corrected chi connectivity index (χ4v) is 0.519. The maximum absolute atomic E-state index is 8.41. The Labute approximate surface area is 71.7 Å². The van der Waals surface area contributed by atoms with E-state index in [1.807, 2.05) is 13.8 Å². The van der Waals surface area contributed by atoms with Gasteiger partial charge < -0.3 is 10.4 Å². The summed E-state index contributed by atoms with van der Waals surface area (Å²) >= 11 is 4.80. The second-order valence-corrected chi connectivity index (χ2v) is 2.56. The molecule has 0 amide bonds. The van der Waals surface area contributed by atoms with Gasteiger partial charge in [-0.05, 0) is 26.1 Å². The van der Waals surface area contributed by atoms with Crippen molar-refractivity contribution in [3.05, 3.63) is 0 Å². The lowest BCUT2D eigenvalue weighted by Gasteiger charge is -2.04. The van der Waals surface area contributed by atoms with Crippen molar-refractivity contribution in [2.24, 2.45) is 5.10 Å². The van der Waals surface area contributed by atoms with Crippen LogP contribution in [0.15, 0.2) is 5.10 Å². The molecule has 0 aromatic carbocycles. The summed E-state index contributed by atoms with van der Waals surface area (Å²) in [5, 5.41) is 15.4. The van der Waals surface area contributed by atoms with Crippen molar-refractivity contribution in [3.8, 4) is 0 Å². The SMILES string of the molecule is CC(C)=NNC(=S)NCCO. The Morgan fingerprint density at radius 1 is 1.55 bits per heavy atom. The lowest BCUT2D eigenvalue weighted by atomic mass is 10.5. The zero-order chi connectivity index (χ0) is 8.69. The normalized spacial score (nSPS) is 8.64. The van der Waals surface area contributed by atoms with E-state index >= 15 is 0 Å². The molecule has 0 rings (SSSR count). The van der Waals surface area contributed by atoms with Gasteiger partial charge in [-0.3, -0.25) is 5.43 Å². The molecule has 4 nitrogen and oxygen atoms in total. The Morgan fingerprint density at radius 3 is 2.64 bits per heavy atom. The van der Waals surface area contributed by atoms with Crippen LogP contribution in [0.3, 0.4) is 0 Å². The molecule has 0 fully saturated rings. The van der Waals surface area contributed by atoms with Crippen molar-refractivity contribution in [1.82, 2.24) is 10.7 Å². The Kier molecular flexibility index (Phi) is 5.68. The molecule has 0 aliphatic carbocycles. The molecule has 0 aliphatic heterocycles. The van der Waals surface area contributed by atoms with E-state index in [2.05, 4.69) is 15.8 Å². The zero-order valence-corrected chi connectivity index (χ0v) is 7.53. The minimum absolute atomic E-state index is 0.0661. The summed E-state index contributed by atoms with van der Waals surface area (Å²) in [5.41, 5.74) is 3.52. The van der Waals surface area contributed by atoms with Gasteiger partial charge in [0.1, 0.15) is 0 Å². The second-order valence-electron chi connectivity index (χ2n) is 2.15. The van der Waals surface area contributed by atoms with Crippen molar-refractivity contribution >= 4 is 23.0 Å². The fraction of sp³-hybridized carbons (Fsp3) is 0.667. The topological polar surface area (TPSA) is 56.7 Å². The van der Waals surface area contributed by atoms with E-state index in [9.17, 15) is 0 Å². The van der Waals surface area contributed by atoms with Crippen LogP contribution in [0, 0.1) is 0 Å². The van der Waals surface area contributed by atoms with Crippen LogP contribution in [0.25, 0.3) is 0 Å². The number of hydrogen-bond acceptors (Lipinski definition) is 3. The molecule has 0 saturated carbocycles. The minimum atomic E-state index is 0.0661. The van der Waals surface area contributed by atoms with Crippen molar-refractivity contribution < 1.29 is 5.11 Å². The highest BCUT2D eigenvalue weighted by atomic mass is 32.1. The fourth-order valence-electron chi connectivity index (χ4n) is 0.372. The zero-order valence-electron chi connectivity index (χ0n) is 6.72. The average Bonchev–Trinajstić information content (AvgIpc) is 1.97. The highest BCUT2D eigenvalue weighted by molar-refractivity contribution is 7.80. The van der Waals surface area contributed by atoms with Gasteiger partial charge in [0.2, 0.25) is 0 Å². The molecule has 0 aromatic rings. The summed E-state index contributed by atoms with van der Waals surface area (Å²) in [6.45, 7) is 4.24. The molecule has 0 spiro atoms. The maximum atomic E-state index is 8.41. The van der Waals surface area contributed by atoms with Crippen LogP contribution >= 0.6 is 12.2 Å². The third kappa shape index (κ3) is 7.21. The number of nitrogens with zero attached hydrogens (tertiary/aromatic N) is 1. The highest BCUT2D eigenvalue weighted by Gasteiger charge is 1.89. The van der Waals surface area contributed by atoms with E-state index in [4.69, 9.17) is 17.3 Å². The van der Waals surface area contributed by atoms with E-state index in [0.29, 0.717) is 11.7 Å². The predicted octanol–water partition coefficient (Wildman–Crippen LogP) is -0.161. The molecule has 64 valence electrons. The molecular formula is C6H13N3OS. The van der Waals surface area contributed by atoms with E-state index < -0.39 is 0 Å². The summed E-state index contributed by atoms with van der Waals surface area (Å²) in [6, 6.07) is 0. The molecule has 0 radical (unpaired) electrons. The number of nitrogens with one attached hydrogen (secondary N) is 2. The van der Waals surface area contributed by atoms with Crippen LogP contribution in [0.1, 0.15) is 13.8 Å². The molecule has 0 bridgehead atoms. The van der Waals surface area contributed by atoms with Gasteiger partial charge in [-0.2, -0.15) is 5.10 Å². The standard InChI is InChI=1S/C6H13N3OS/c1-5(2)8-9-6(11)7-3-4-10/h10H,3-4H2,1-2H3,(H2,7,9,11). The monoisotopic (exact) mass is 175 g/mol. The second kappa shape index (κ2) is 6.06. The van der Waals surface area contributed by atoms with Gasteiger partial charge in [0, 0.05) is 12.3 Å². The smallest absolute Gasteiger partial charge is 0.187 e. The Balaban J connectivity index is 3.45. The lowest BCUT2D eigenvalue weighted by molar-refractivity contribution is 0.300. The largest absolute Gasteiger partial charge is 0.395 e. The quantitative estimate of drug-likeness (QED) is 0.317.